The second-order valence-electron chi connectivity index (χ2n) is 5.25. The molecule has 128 valence electrons. The zero-order valence-corrected chi connectivity index (χ0v) is 13.9. The van der Waals surface area contributed by atoms with E-state index in [1.54, 1.807) is 0 Å². The monoisotopic (exact) mass is 343 g/mol. The van der Waals surface area contributed by atoms with E-state index in [1.165, 1.54) is 25.7 Å². The topological polar surface area (TPSA) is 77.7 Å². The molecule has 0 aromatic heterocycles. The molecule has 1 aliphatic heterocycles. The maximum atomic E-state index is 13.8. The van der Waals surface area contributed by atoms with E-state index < -0.39 is 24.5 Å². The molecule has 1 fully saturated rings. The fourth-order valence-corrected chi connectivity index (χ4v) is 3.67. The maximum absolute atomic E-state index is 13.8. The van der Waals surface area contributed by atoms with Crippen LogP contribution in [0.1, 0.15) is 13.3 Å². The number of thioether (sulfide) groups is 1. The Hall–Kier alpha value is -1.22. The minimum absolute atomic E-state index is 0.323. The first kappa shape index (κ1) is 18.1. The highest BCUT2D eigenvalue weighted by Crippen LogP contribution is 2.35. The molecule has 23 heavy (non-hydrogen) atoms. The van der Waals surface area contributed by atoms with E-state index in [0.717, 1.165) is 9.90 Å². The molecule has 1 heterocycles. The highest BCUT2D eigenvalue weighted by molar-refractivity contribution is 7.99. The molecule has 0 aliphatic carbocycles. The van der Waals surface area contributed by atoms with E-state index in [4.69, 9.17) is 4.74 Å². The number of hydrogen-bond acceptors (Lipinski definition) is 6. The average molecular weight is 343 g/mol. The van der Waals surface area contributed by atoms with Crippen molar-refractivity contribution in [2.24, 2.45) is 10.3 Å². The van der Waals surface area contributed by atoms with Gasteiger partial charge in [-0.2, -0.15) is 5.11 Å². The zero-order valence-electron chi connectivity index (χ0n) is 13.1. The predicted octanol–water partition coefficient (Wildman–Crippen LogP) is 2.23. The summed E-state index contributed by atoms with van der Waals surface area (Å²) in [5.74, 6) is 0. The quantitative estimate of drug-likeness (QED) is 0.470. The summed E-state index contributed by atoms with van der Waals surface area (Å²) in [5.41, 5.74) is -0.323. The smallest absolute Gasteiger partial charge is 0.186 e. The summed E-state index contributed by atoms with van der Waals surface area (Å²) in [6, 6.07) is 9.03. The van der Waals surface area contributed by atoms with Crippen LogP contribution < -0.4 is 0 Å². The fourth-order valence-electron chi connectivity index (χ4n) is 2.56. The molecular formula is C15H22FN3O3S. The van der Waals surface area contributed by atoms with Gasteiger partial charge < -0.3 is 14.9 Å². The number of alkyl halides is 1. The van der Waals surface area contributed by atoms with Crippen LogP contribution in [0.15, 0.2) is 45.6 Å². The second kappa shape index (κ2) is 8.58. The van der Waals surface area contributed by atoms with Gasteiger partial charge in [0.05, 0.1) is 19.7 Å². The van der Waals surface area contributed by atoms with Crippen LogP contribution in [0.4, 0.5) is 4.39 Å². The molecule has 1 aromatic rings. The van der Waals surface area contributed by atoms with Gasteiger partial charge in [-0.05, 0) is 19.1 Å². The molecule has 0 amide bonds. The van der Waals surface area contributed by atoms with Crippen LogP contribution in [0.5, 0.6) is 0 Å². The van der Waals surface area contributed by atoms with Gasteiger partial charge in [0, 0.05) is 11.3 Å². The first-order chi connectivity index (χ1) is 11.1. The molecule has 8 heteroatoms. The van der Waals surface area contributed by atoms with E-state index in [-0.39, 0.29) is 12.0 Å². The fraction of sp³-hybridized carbons (Fsp3) is 0.600. The molecule has 1 aromatic carbocycles. The summed E-state index contributed by atoms with van der Waals surface area (Å²) >= 11 is 1.47. The predicted molar refractivity (Wildman–Crippen MR) is 85.6 cm³/mol. The summed E-state index contributed by atoms with van der Waals surface area (Å²) in [6.45, 7) is 0.992. The summed E-state index contributed by atoms with van der Waals surface area (Å²) in [7, 11) is 1.45. The Morgan fingerprint density at radius 2 is 2.13 bits per heavy atom. The molecule has 1 unspecified atom stereocenters. The molecular weight excluding hydrogens is 321 g/mol. The van der Waals surface area contributed by atoms with Crippen LogP contribution in [0.25, 0.3) is 0 Å². The van der Waals surface area contributed by atoms with Gasteiger partial charge in [0.2, 0.25) is 0 Å². The maximum Gasteiger partial charge on any atom is 0.186 e. The average Bonchev–Trinajstić information content (AvgIpc) is 2.55. The standard InChI is InChI=1S/C15H22FN3O3S/c1-10(16)19(18-17-2)12-8-14(22-13(9-20)15(12)21)23-11-6-4-3-5-7-11/h3-7,10,12-15,20-21H,8-9H2,1-2H3/t10?,12-,13-,14-,15-/m1/s1. The molecule has 6 nitrogen and oxygen atoms in total. The Balaban J connectivity index is 2.16. The second-order valence-corrected chi connectivity index (χ2v) is 6.49. The van der Waals surface area contributed by atoms with E-state index in [2.05, 4.69) is 10.3 Å². The Morgan fingerprint density at radius 3 is 2.70 bits per heavy atom. The van der Waals surface area contributed by atoms with E-state index in [0.29, 0.717) is 6.42 Å². The van der Waals surface area contributed by atoms with Crippen molar-refractivity contribution in [1.29, 1.82) is 0 Å². The first-order valence-electron chi connectivity index (χ1n) is 7.45. The van der Waals surface area contributed by atoms with E-state index >= 15 is 0 Å². The summed E-state index contributed by atoms with van der Waals surface area (Å²) < 4.78 is 19.6. The van der Waals surface area contributed by atoms with Crippen LogP contribution in [-0.2, 0) is 4.74 Å². The number of ether oxygens (including phenoxy) is 1. The number of rotatable bonds is 6. The van der Waals surface area contributed by atoms with Gasteiger partial charge in [0.25, 0.3) is 0 Å². The lowest BCUT2D eigenvalue weighted by Crippen LogP contribution is -2.56. The molecule has 1 aliphatic rings. The van der Waals surface area contributed by atoms with Gasteiger partial charge in [0.1, 0.15) is 17.6 Å². The van der Waals surface area contributed by atoms with Crippen molar-refractivity contribution in [2.75, 3.05) is 13.7 Å². The molecule has 0 spiro atoms. The van der Waals surface area contributed by atoms with Crippen molar-refractivity contribution in [3.63, 3.8) is 0 Å². The molecule has 1 saturated heterocycles. The van der Waals surface area contributed by atoms with Crippen LogP contribution in [0.2, 0.25) is 0 Å². The molecule has 0 radical (unpaired) electrons. The molecule has 0 bridgehead atoms. The van der Waals surface area contributed by atoms with Crippen molar-refractivity contribution in [2.45, 2.75) is 48.2 Å². The molecule has 0 saturated carbocycles. The van der Waals surface area contributed by atoms with Crippen molar-refractivity contribution in [3.05, 3.63) is 30.3 Å². The van der Waals surface area contributed by atoms with Gasteiger partial charge in [-0.15, -0.1) is 0 Å². The number of hydrogen-bond donors (Lipinski definition) is 2. The molecule has 2 rings (SSSR count). The third-order valence-corrected chi connectivity index (χ3v) is 4.73. The van der Waals surface area contributed by atoms with Crippen molar-refractivity contribution >= 4 is 11.8 Å². The number of nitrogens with zero attached hydrogens (tertiary/aromatic N) is 3. The molecule has 5 atom stereocenters. The van der Waals surface area contributed by atoms with Crippen LogP contribution in [-0.4, -0.2) is 58.9 Å². The number of halogens is 1. The molecule has 2 N–H and O–H groups in total. The minimum atomic E-state index is -1.40. The summed E-state index contributed by atoms with van der Waals surface area (Å²) in [5, 5.41) is 28.3. The Kier molecular flexibility index (Phi) is 6.76. The Bertz CT molecular complexity index is 506. The zero-order chi connectivity index (χ0) is 16.8. The highest BCUT2D eigenvalue weighted by atomic mass is 32.2. The van der Waals surface area contributed by atoms with Crippen LogP contribution >= 0.6 is 11.8 Å². The number of benzene rings is 1. The Morgan fingerprint density at radius 1 is 1.43 bits per heavy atom. The van der Waals surface area contributed by atoms with Crippen molar-refractivity contribution < 1.29 is 19.3 Å². The van der Waals surface area contributed by atoms with Gasteiger partial charge in [-0.3, -0.25) is 0 Å². The van der Waals surface area contributed by atoms with Gasteiger partial charge >= 0.3 is 0 Å². The van der Waals surface area contributed by atoms with Crippen LogP contribution in [0.3, 0.4) is 0 Å². The minimum Gasteiger partial charge on any atom is -0.394 e. The lowest BCUT2D eigenvalue weighted by molar-refractivity contribution is -0.156. The third kappa shape index (κ3) is 4.63. The van der Waals surface area contributed by atoms with Gasteiger partial charge in [-0.1, -0.05) is 35.2 Å². The number of aliphatic hydroxyl groups excluding tert-OH is 2. The third-order valence-electron chi connectivity index (χ3n) is 3.62. The SMILES string of the molecule is CN=NN(C(C)F)[C@@H]1C[C@@H](Sc2ccccc2)O[C@H](CO)[C@@H]1O. The normalized spacial score (nSPS) is 29.6. The van der Waals surface area contributed by atoms with Gasteiger partial charge in [0.15, 0.2) is 6.30 Å². The summed E-state index contributed by atoms with van der Waals surface area (Å²) in [6.07, 6.45) is -2.87. The van der Waals surface area contributed by atoms with Crippen molar-refractivity contribution in [3.8, 4) is 0 Å². The largest absolute Gasteiger partial charge is 0.394 e. The Labute approximate surface area is 139 Å². The van der Waals surface area contributed by atoms with Crippen molar-refractivity contribution in [1.82, 2.24) is 5.01 Å². The lowest BCUT2D eigenvalue weighted by atomic mass is 9.99. The lowest BCUT2D eigenvalue weighted by Gasteiger charge is -2.42. The van der Waals surface area contributed by atoms with Gasteiger partial charge in [-0.25, -0.2) is 9.40 Å². The first-order valence-corrected chi connectivity index (χ1v) is 8.33. The number of aliphatic hydroxyl groups is 2. The highest BCUT2D eigenvalue weighted by Gasteiger charge is 2.42. The van der Waals surface area contributed by atoms with E-state index in [9.17, 15) is 14.6 Å². The van der Waals surface area contributed by atoms with Crippen LogP contribution in [0, 0.1) is 0 Å². The summed E-state index contributed by atoms with van der Waals surface area (Å²) in [4.78, 5) is 1.00. The van der Waals surface area contributed by atoms with E-state index in [1.807, 2.05) is 30.3 Å².